The van der Waals surface area contributed by atoms with E-state index in [1.165, 1.54) is 16.7 Å². The molecule has 0 heterocycles. The Morgan fingerprint density at radius 2 is 1.85 bits per heavy atom. The largest absolute Gasteiger partial charge is 0.375 e. The Morgan fingerprint density at radius 1 is 1.10 bits per heavy atom. The molecule has 0 aliphatic heterocycles. The van der Waals surface area contributed by atoms with Crippen LogP contribution >= 0.6 is 12.2 Å². The van der Waals surface area contributed by atoms with Gasteiger partial charge < -0.3 is 5.73 Å². The Kier molecular flexibility index (Phi) is 4.48. The van der Waals surface area contributed by atoms with Crippen LogP contribution in [0.3, 0.4) is 0 Å². The lowest BCUT2D eigenvalue weighted by atomic mass is 9.99. The molecule has 2 rings (SSSR count). The molecule has 0 aromatic heterocycles. The summed E-state index contributed by atoms with van der Waals surface area (Å²) in [6.07, 6.45) is 1.70. The van der Waals surface area contributed by atoms with Gasteiger partial charge in [-0.1, -0.05) is 36.4 Å². The van der Waals surface area contributed by atoms with Gasteiger partial charge in [0.1, 0.15) is 0 Å². The van der Waals surface area contributed by atoms with Crippen molar-refractivity contribution in [2.75, 3.05) is 0 Å². The second-order valence-electron chi connectivity index (χ2n) is 4.66. The van der Waals surface area contributed by atoms with Crippen LogP contribution in [0.15, 0.2) is 47.6 Å². The molecule has 0 aliphatic carbocycles. The van der Waals surface area contributed by atoms with Crippen LogP contribution in [0.1, 0.15) is 16.7 Å². The molecule has 2 aromatic carbocycles. The third-order valence-electron chi connectivity index (χ3n) is 3.12. The van der Waals surface area contributed by atoms with E-state index in [1.54, 1.807) is 6.21 Å². The van der Waals surface area contributed by atoms with Crippen LogP contribution in [0.25, 0.3) is 11.1 Å². The molecular formula is C16H17N3S. The maximum absolute atomic E-state index is 5.31. The van der Waals surface area contributed by atoms with Crippen molar-refractivity contribution in [3.8, 4) is 11.1 Å². The number of aryl methyl sites for hydroxylation is 2. The Balaban J connectivity index is 2.27. The average Bonchev–Trinajstić information content (AvgIpc) is 2.42. The van der Waals surface area contributed by atoms with E-state index in [1.807, 2.05) is 12.1 Å². The second-order valence-corrected chi connectivity index (χ2v) is 5.10. The summed E-state index contributed by atoms with van der Waals surface area (Å²) >= 11 is 4.69. The van der Waals surface area contributed by atoms with E-state index < -0.39 is 0 Å². The summed E-state index contributed by atoms with van der Waals surface area (Å²) < 4.78 is 0. The highest BCUT2D eigenvalue weighted by molar-refractivity contribution is 7.80. The molecule has 3 N–H and O–H groups in total. The summed E-state index contributed by atoms with van der Waals surface area (Å²) in [7, 11) is 0. The summed E-state index contributed by atoms with van der Waals surface area (Å²) in [4.78, 5) is 0. The minimum absolute atomic E-state index is 0.159. The van der Waals surface area contributed by atoms with Gasteiger partial charge in [-0.05, 0) is 59.9 Å². The molecule has 3 nitrogen and oxygen atoms in total. The molecule has 0 saturated carbocycles. The third-order valence-corrected chi connectivity index (χ3v) is 3.21. The fourth-order valence-corrected chi connectivity index (χ4v) is 1.94. The molecule has 2 aromatic rings. The van der Waals surface area contributed by atoms with Crippen molar-refractivity contribution in [1.29, 1.82) is 0 Å². The Labute approximate surface area is 124 Å². The van der Waals surface area contributed by atoms with Crippen molar-refractivity contribution in [1.82, 2.24) is 5.43 Å². The van der Waals surface area contributed by atoms with Crippen molar-refractivity contribution in [3.63, 3.8) is 0 Å². The van der Waals surface area contributed by atoms with Gasteiger partial charge >= 0.3 is 0 Å². The third kappa shape index (κ3) is 3.65. The van der Waals surface area contributed by atoms with E-state index >= 15 is 0 Å². The summed E-state index contributed by atoms with van der Waals surface area (Å²) in [6, 6.07) is 14.6. The maximum Gasteiger partial charge on any atom is 0.184 e. The van der Waals surface area contributed by atoms with E-state index in [0.29, 0.717) is 0 Å². The van der Waals surface area contributed by atoms with Gasteiger partial charge in [0.15, 0.2) is 5.11 Å². The van der Waals surface area contributed by atoms with Crippen molar-refractivity contribution in [2.45, 2.75) is 13.8 Å². The zero-order chi connectivity index (χ0) is 14.5. The van der Waals surface area contributed by atoms with E-state index in [9.17, 15) is 0 Å². The van der Waals surface area contributed by atoms with Gasteiger partial charge in [0.05, 0.1) is 6.21 Å². The molecule has 0 radical (unpaired) electrons. The zero-order valence-corrected chi connectivity index (χ0v) is 12.4. The van der Waals surface area contributed by atoms with Crippen molar-refractivity contribution >= 4 is 23.5 Å². The number of benzene rings is 2. The molecule has 20 heavy (non-hydrogen) atoms. The molecule has 0 atom stereocenters. The fourth-order valence-electron chi connectivity index (χ4n) is 1.89. The highest BCUT2D eigenvalue weighted by Gasteiger charge is 2.00. The molecule has 0 aliphatic rings. The lowest BCUT2D eigenvalue weighted by molar-refractivity contribution is 1.04. The van der Waals surface area contributed by atoms with Gasteiger partial charge in [0, 0.05) is 0 Å². The van der Waals surface area contributed by atoms with Crippen LogP contribution in [-0.2, 0) is 0 Å². The normalized spacial score (nSPS) is 10.7. The monoisotopic (exact) mass is 283 g/mol. The van der Waals surface area contributed by atoms with Crippen LogP contribution in [0.5, 0.6) is 0 Å². The fraction of sp³-hybridized carbons (Fsp3) is 0.125. The number of nitrogens with one attached hydrogen (secondary N) is 1. The van der Waals surface area contributed by atoms with Crippen LogP contribution in [0, 0.1) is 13.8 Å². The highest BCUT2D eigenvalue weighted by atomic mass is 32.1. The van der Waals surface area contributed by atoms with Crippen molar-refractivity contribution in [2.24, 2.45) is 10.8 Å². The summed E-state index contributed by atoms with van der Waals surface area (Å²) in [6.45, 7) is 4.24. The molecule has 0 amide bonds. The number of rotatable bonds is 3. The van der Waals surface area contributed by atoms with E-state index in [0.717, 1.165) is 11.1 Å². The SMILES string of the molecule is Cc1ccc(-c2cccc(C=NNC(N)=S)c2)cc1C. The summed E-state index contributed by atoms with van der Waals surface area (Å²) in [5.74, 6) is 0. The van der Waals surface area contributed by atoms with Gasteiger partial charge in [-0.2, -0.15) is 5.10 Å². The lowest BCUT2D eigenvalue weighted by Crippen LogP contribution is -2.23. The van der Waals surface area contributed by atoms with Crippen molar-refractivity contribution in [3.05, 3.63) is 59.2 Å². The molecule has 0 saturated heterocycles. The smallest absolute Gasteiger partial charge is 0.184 e. The Bertz CT molecular complexity index is 663. The first-order valence-electron chi connectivity index (χ1n) is 6.32. The van der Waals surface area contributed by atoms with Gasteiger partial charge in [-0.3, -0.25) is 5.43 Å². The van der Waals surface area contributed by atoms with Crippen LogP contribution in [0.4, 0.5) is 0 Å². The second kappa shape index (κ2) is 6.30. The molecule has 4 heteroatoms. The molecule has 102 valence electrons. The van der Waals surface area contributed by atoms with Crippen LogP contribution < -0.4 is 11.2 Å². The van der Waals surface area contributed by atoms with Gasteiger partial charge in [-0.15, -0.1) is 0 Å². The Morgan fingerprint density at radius 3 is 2.55 bits per heavy atom. The van der Waals surface area contributed by atoms with E-state index in [-0.39, 0.29) is 5.11 Å². The van der Waals surface area contributed by atoms with E-state index in [4.69, 9.17) is 18.0 Å². The van der Waals surface area contributed by atoms with Gasteiger partial charge in [-0.25, -0.2) is 0 Å². The van der Waals surface area contributed by atoms with Gasteiger partial charge in [0.25, 0.3) is 0 Å². The maximum atomic E-state index is 5.31. The Hall–Kier alpha value is -2.20. The molecule has 0 fully saturated rings. The minimum atomic E-state index is 0.159. The molecule has 0 spiro atoms. The topological polar surface area (TPSA) is 50.4 Å². The molecule has 0 bridgehead atoms. The number of thiocarbonyl (C=S) groups is 1. The number of hydrogen-bond acceptors (Lipinski definition) is 2. The number of nitrogens with zero attached hydrogens (tertiary/aromatic N) is 1. The molecular weight excluding hydrogens is 266 g/mol. The summed E-state index contributed by atoms with van der Waals surface area (Å²) in [5.41, 5.74) is 13.8. The predicted molar refractivity (Wildman–Crippen MR) is 88.9 cm³/mol. The highest BCUT2D eigenvalue weighted by Crippen LogP contribution is 2.22. The minimum Gasteiger partial charge on any atom is -0.375 e. The van der Waals surface area contributed by atoms with Crippen molar-refractivity contribution < 1.29 is 0 Å². The van der Waals surface area contributed by atoms with E-state index in [2.05, 4.69) is 54.7 Å². The standard InChI is InChI=1S/C16H17N3S/c1-11-6-7-15(8-12(11)2)14-5-3-4-13(9-14)10-18-19-16(17)20/h3-10H,1-2H3,(H3,17,19,20). The lowest BCUT2D eigenvalue weighted by Gasteiger charge is -2.06. The van der Waals surface area contributed by atoms with Crippen LogP contribution in [0.2, 0.25) is 0 Å². The zero-order valence-electron chi connectivity index (χ0n) is 11.6. The first kappa shape index (κ1) is 14.2. The number of nitrogens with two attached hydrogens (primary N) is 1. The molecule has 0 unspecified atom stereocenters. The quantitative estimate of drug-likeness (QED) is 0.517. The summed E-state index contributed by atoms with van der Waals surface area (Å²) in [5, 5.41) is 4.13. The van der Waals surface area contributed by atoms with Crippen LogP contribution in [-0.4, -0.2) is 11.3 Å². The first-order chi connectivity index (χ1) is 9.56. The first-order valence-corrected chi connectivity index (χ1v) is 6.73. The average molecular weight is 283 g/mol. The predicted octanol–water partition coefficient (Wildman–Crippen LogP) is 3.14. The number of hydrogen-bond donors (Lipinski definition) is 2. The number of hydrazone groups is 1. The van der Waals surface area contributed by atoms with Gasteiger partial charge in [0.2, 0.25) is 0 Å².